The second-order valence-electron chi connectivity index (χ2n) is 9.14. The van der Waals surface area contributed by atoms with E-state index in [-0.39, 0.29) is 0 Å². The van der Waals surface area contributed by atoms with E-state index in [1.54, 1.807) is 21.3 Å². The first-order valence-electron chi connectivity index (χ1n) is 13.4. The lowest BCUT2D eigenvalue weighted by Gasteiger charge is -2.45. The lowest BCUT2D eigenvalue weighted by Crippen LogP contribution is -2.78. The number of carbonyl (C=O) groups excluding carboxylic acids is 1. The van der Waals surface area contributed by atoms with E-state index in [4.69, 9.17) is 18.0 Å². The number of carbonyl (C=O) groups is 1. The van der Waals surface area contributed by atoms with Gasteiger partial charge in [0.25, 0.3) is 0 Å². The first kappa shape index (κ1) is 50.3. The number of hydrogen-bond acceptors (Lipinski definition) is 8. The molecule has 0 aromatic rings. The van der Waals surface area contributed by atoms with Crippen molar-refractivity contribution in [1.29, 1.82) is 0 Å². The van der Waals surface area contributed by atoms with E-state index in [0.717, 1.165) is 26.8 Å². The molecule has 0 fully saturated rings. The van der Waals surface area contributed by atoms with Crippen LogP contribution in [0.3, 0.4) is 0 Å². The highest BCUT2D eigenvalue weighted by Gasteiger charge is 2.97. The van der Waals surface area contributed by atoms with Crippen molar-refractivity contribution in [2.75, 3.05) is 47.8 Å². The lowest BCUT2D eigenvalue weighted by atomic mass is 9.91. The van der Waals surface area contributed by atoms with Gasteiger partial charge in [0.2, 0.25) is 0 Å². The summed E-state index contributed by atoms with van der Waals surface area (Å²) < 4.78 is 261. The van der Waals surface area contributed by atoms with Crippen LogP contribution in [-0.2, 0) is 36.1 Å². The molecule has 27 heteroatoms. The molecule has 0 rings (SSSR count). The number of esters is 1. The van der Waals surface area contributed by atoms with Crippen molar-refractivity contribution in [3.05, 3.63) is 12.7 Å². The van der Waals surface area contributed by atoms with Crippen LogP contribution in [0.2, 0.25) is 6.04 Å². The second kappa shape index (κ2) is 17.8. The van der Waals surface area contributed by atoms with Crippen molar-refractivity contribution in [1.82, 2.24) is 0 Å². The largest absolute Gasteiger partial charge is 0.582 e. The van der Waals surface area contributed by atoms with Gasteiger partial charge in [-0.15, -0.1) is 0 Å². The number of alkyl halides is 17. The zero-order valence-corrected chi connectivity index (χ0v) is 28.7. The summed E-state index contributed by atoms with van der Waals surface area (Å²) in [7, 11) is -4.54. The van der Waals surface area contributed by atoms with Gasteiger partial charge in [0, 0.05) is 53.3 Å². The van der Waals surface area contributed by atoms with E-state index in [1.807, 2.05) is 0 Å². The molecule has 0 heterocycles. The predicted molar refractivity (Wildman–Crippen MR) is 139 cm³/mol. The molecule has 0 unspecified atom stereocenters. The first-order chi connectivity index (χ1) is 22.3. The summed E-state index contributed by atoms with van der Waals surface area (Å²) in [6.45, 7) is 2.36. The summed E-state index contributed by atoms with van der Waals surface area (Å²) in [6.07, 6.45) is -6.03. The Hall–Kier alpha value is -1.79. The lowest BCUT2D eigenvalue weighted by molar-refractivity contribution is -0.459. The van der Waals surface area contributed by atoms with E-state index in [2.05, 4.69) is 19.9 Å². The maximum absolute atomic E-state index is 14.6. The van der Waals surface area contributed by atoms with Gasteiger partial charge in [0.15, 0.2) is 0 Å². The summed E-state index contributed by atoms with van der Waals surface area (Å²) in [5, 5.41) is 0. The summed E-state index contributed by atoms with van der Waals surface area (Å²) in [5.41, 5.74) is -6.87. The highest BCUT2D eigenvalue weighted by atomic mass is 28.4. The molecule has 50 heavy (non-hydrogen) atoms. The van der Waals surface area contributed by atoms with Crippen LogP contribution in [0.4, 0.5) is 74.6 Å². The maximum atomic E-state index is 14.6. The molecule has 300 valence electrons. The zero-order valence-electron chi connectivity index (χ0n) is 26.7. The Balaban J connectivity index is 0. The average molecular weight is 817 g/mol. The van der Waals surface area contributed by atoms with E-state index >= 15 is 0 Å². The van der Waals surface area contributed by atoms with Gasteiger partial charge in [0.1, 0.15) is 0 Å². The molecule has 0 saturated heterocycles. The minimum atomic E-state index is -8.70. The highest BCUT2D eigenvalue weighted by Crippen LogP contribution is 2.64. The van der Waals surface area contributed by atoms with E-state index < -0.39 is 90.7 Å². The van der Waals surface area contributed by atoms with Crippen LogP contribution < -0.4 is 0 Å². The molecule has 0 aliphatic rings. The first-order valence-corrected chi connectivity index (χ1v) is 17.1. The molecule has 0 aliphatic carbocycles. The van der Waals surface area contributed by atoms with Crippen LogP contribution >= 0.6 is 0 Å². The Morgan fingerprint density at radius 3 is 1.18 bits per heavy atom. The molecule has 0 N–H and O–H groups in total. The predicted octanol–water partition coefficient (Wildman–Crippen LogP) is 7.57. The second-order valence-corrected chi connectivity index (χ2v) is 14.8. The van der Waals surface area contributed by atoms with Crippen LogP contribution in [0.15, 0.2) is 12.7 Å². The molecule has 8 nitrogen and oxygen atoms in total. The molecule has 0 amide bonds. The minimum Gasteiger partial charge on any atom is -0.463 e. The van der Waals surface area contributed by atoms with Crippen molar-refractivity contribution >= 4 is 23.6 Å². The monoisotopic (exact) mass is 816 g/mol. The van der Waals surface area contributed by atoms with Crippen LogP contribution in [0.25, 0.3) is 0 Å². The van der Waals surface area contributed by atoms with Crippen LogP contribution in [0.5, 0.6) is 0 Å². The quantitative estimate of drug-likeness (QED) is 0.0386. The third-order valence-electron chi connectivity index (χ3n) is 6.08. The Bertz CT molecular complexity index is 1020. The van der Waals surface area contributed by atoms with E-state index in [1.165, 1.54) is 0 Å². The standard InChI is InChI=1S/C14H15F17O3Si.C9H18O5Si/c1-4-32-35(33-5-2,34-6-3)14(30,31)12(25,26)10(21,22)8(17,18)7(15,16)9(19,20)11(23,24)13(27,28)29;1-5-9(10)14-7-6-8-15(11-2,12-3)13-4/h4-6H2,1-3H3;5H,1,6-8H2,2-4H3. The molecular weight excluding hydrogens is 783 g/mol. The molecule has 0 bridgehead atoms. The van der Waals surface area contributed by atoms with Crippen LogP contribution in [0, 0.1) is 0 Å². The Kier molecular flexibility index (Phi) is 17.9. The summed E-state index contributed by atoms with van der Waals surface area (Å²) in [4.78, 5) is 10.7. The van der Waals surface area contributed by atoms with Crippen molar-refractivity contribution in [3.63, 3.8) is 0 Å². The van der Waals surface area contributed by atoms with Crippen molar-refractivity contribution in [2.24, 2.45) is 0 Å². The van der Waals surface area contributed by atoms with Crippen molar-refractivity contribution < 1.29 is 111 Å². The molecule has 0 aliphatic heterocycles. The summed E-state index contributed by atoms with van der Waals surface area (Å²) in [5.74, 6) is -50.9. The van der Waals surface area contributed by atoms with Gasteiger partial charge in [-0.05, 0) is 27.2 Å². The van der Waals surface area contributed by atoms with Gasteiger partial charge >= 0.3 is 70.8 Å². The summed E-state index contributed by atoms with van der Waals surface area (Å²) >= 11 is 0. The SMILES string of the molecule is C=CC(=O)OCCC[Si](OC)(OC)OC.CCO[Si](OCC)(OCC)C(F)(F)C(F)(F)C(F)(F)C(F)(F)C(F)(F)C(F)(F)C(F)(F)C(F)(F)F. The molecule has 0 saturated carbocycles. The average Bonchev–Trinajstić information content (AvgIpc) is 3.00. The maximum Gasteiger partial charge on any atom is 0.582 e. The Labute approximate surface area is 275 Å². The fraction of sp³-hybridized carbons (Fsp3) is 0.870. The Morgan fingerprint density at radius 2 is 0.900 bits per heavy atom. The summed E-state index contributed by atoms with van der Waals surface area (Å²) in [6, 6.07) is 0.612. The normalized spacial score (nSPS) is 14.6. The Morgan fingerprint density at radius 1 is 0.580 bits per heavy atom. The molecular formula is C23H33F17O8Si2. The highest BCUT2D eigenvalue weighted by molar-refractivity contribution is 6.64. The van der Waals surface area contributed by atoms with Crippen molar-refractivity contribution in [2.45, 2.75) is 80.5 Å². The molecule has 0 atom stereocenters. The van der Waals surface area contributed by atoms with Gasteiger partial charge in [-0.3, -0.25) is 0 Å². The minimum absolute atomic E-state index is 0.315. The van der Waals surface area contributed by atoms with Gasteiger partial charge in [-0.2, -0.15) is 74.6 Å². The molecule has 0 radical (unpaired) electrons. The van der Waals surface area contributed by atoms with Crippen LogP contribution in [-0.4, -0.2) is 119 Å². The van der Waals surface area contributed by atoms with Gasteiger partial charge in [0.05, 0.1) is 6.61 Å². The number of rotatable bonds is 21. The third-order valence-corrected chi connectivity index (χ3v) is 12.0. The fourth-order valence-corrected chi connectivity index (χ4v) is 7.56. The van der Waals surface area contributed by atoms with Crippen molar-refractivity contribution in [3.8, 4) is 0 Å². The third kappa shape index (κ3) is 9.22. The molecule has 0 aromatic carbocycles. The van der Waals surface area contributed by atoms with E-state index in [0.29, 0.717) is 19.1 Å². The van der Waals surface area contributed by atoms with Gasteiger partial charge in [-0.1, -0.05) is 6.58 Å². The smallest absolute Gasteiger partial charge is 0.463 e. The number of hydrogen-bond donors (Lipinski definition) is 0. The topological polar surface area (TPSA) is 81.7 Å². The molecule has 0 aromatic heterocycles. The fourth-order valence-electron chi connectivity index (χ4n) is 3.40. The van der Waals surface area contributed by atoms with Gasteiger partial charge in [-0.25, -0.2) is 4.79 Å². The van der Waals surface area contributed by atoms with Crippen LogP contribution in [0.1, 0.15) is 27.2 Å². The van der Waals surface area contributed by atoms with Gasteiger partial charge < -0.3 is 31.3 Å². The number of ether oxygens (including phenoxy) is 1. The zero-order chi connectivity index (χ0) is 40.5. The number of halogens is 17. The van der Waals surface area contributed by atoms with E-state index in [9.17, 15) is 79.4 Å². The molecule has 0 spiro atoms.